The van der Waals surface area contributed by atoms with Gasteiger partial charge in [0, 0.05) is 12.8 Å². The van der Waals surface area contributed by atoms with Gasteiger partial charge in [-0.2, -0.15) is 9.90 Å². The first-order chi connectivity index (χ1) is 10.1. The van der Waals surface area contributed by atoms with E-state index in [2.05, 4.69) is 16.6 Å². The molecule has 0 aromatic carbocycles. The maximum Gasteiger partial charge on any atom is 0.549 e. The standard InChI is InChI=1S/C13H22O8/c1-3-5-11(6-9-19-12(14)15)21-13(16)20-8-4-7-18-10-17-2/h11H,2-10H2,1H3. The summed E-state index contributed by atoms with van der Waals surface area (Å²) < 4.78 is 23.6. The van der Waals surface area contributed by atoms with E-state index >= 15 is 0 Å². The Kier molecular flexibility index (Phi) is 12.5. The zero-order chi connectivity index (χ0) is 15.9. The van der Waals surface area contributed by atoms with Gasteiger partial charge in [-0.05, 0) is 6.42 Å². The van der Waals surface area contributed by atoms with E-state index in [9.17, 15) is 14.7 Å². The van der Waals surface area contributed by atoms with E-state index in [4.69, 9.17) is 14.2 Å². The number of ether oxygens (including phenoxy) is 5. The second kappa shape index (κ2) is 13.4. The van der Waals surface area contributed by atoms with Crippen molar-refractivity contribution >= 4 is 12.3 Å². The monoisotopic (exact) mass is 306 g/mol. The van der Waals surface area contributed by atoms with Gasteiger partial charge >= 0.3 is 12.3 Å². The fourth-order valence-corrected chi connectivity index (χ4v) is 1.46. The van der Waals surface area contributed by atoms with E-state index in [-0.39, 0.29) is 26.4 Å². The molecule has 0 aromatic rings. The molecule has 2 radical (unpaired) electrons. The molecule has 0 spiro atoms. The molecule has 0 N–H and O–H groups in total. The van der Waals surface area contributed by atoms with E-state index in [1.807, 2.05) is 6.92 Å². The van der Waals surface area contributed by atoms with Crippen molar-refractivity contribution in [2.45, 2.75) is 38.7 Å². The average Bonchev–Trinajstić information content (AvgIpc) is 2.42. The fraction of sp³-hybridized carbons (Fsp3) is 0.769. The Labute approximate surface area is 124 Å². The second-order valence-corrected chi connectivity index (χ2v) is 4.10. The second-order valence-electron chi connectivity index (χ2n) is 4.10. The van der Waals surface area contributed by atoms with Crippen LogP contribution < -0.4 is 0 Å². The Bertz CT molecular complexity index is 281. The molecular formula is C13H22O8. The highest BCUT2D eigenvalue weighted by Crippen LogP contribution is 2.09. The van der Waals surface area contributed by atoms with Crippen LogP contribution in [0.5, 0.6) is 0 Å². The summed E-state index contributed by atoms with van der Waals surface area (Å²) in [7, 11) is 3.14. The van der Waals surface area contributed by atoms with Crippen LogP contribution in [0.1, 0.15) is 32.6 Å². The van der Waals surface area contributed by atoms with Crippen molar-refractivity contribution in [3.8, 4) is 0 Å². The molecule has 0 aromatic heterocycles. The highest BCUT2D eigenvalue weighted by atomic mass is 16.7. The molecule has 0 saturated heterocycles. The van der Waals surface area contributed by atoms with Gasteiger partial charge in [0.1, 0.15) is 12.9 Å². The maximum absolute atomic E-state index is 11.4. The first-order valence-electron chi connectivity index (χ1n) is 6.72. The molecule has 8 nitrogen and oxygen atoms in total. The van der Waals surface area contributed by atoms with Crippen molar-refractivity contribution in [3.05, 3.63) is 7.11 Å². The molecule has 21 heavy (non-hydrogen) atoms. The van der Waals surface area contributed by atoms with Gasteiger partial charge in [-0.25, -0.2) is 4.79 Å². The average molecular weight is 306 g/mol. The first kappa shape index (κ1) is 19.5. The lowest BCUT2D eigenvalue weighted by atomic mass is 10.1. The normalized spacial score (nSPS) is 11.7. The van der Waals surface area contributed by atoms with Crippen molar-refractivity contribution in [2.75, 3.05) is 26.6 Å². The topological polar surface area (TPSA) is 100 Å². The van der Waals surface area contributed by atoms with Crippen molar-refractivity contribution in [1.82, 2.24) is 0 Å². The lowest BCUT2D eigenvalue weighted by Crippen LogP contribution is -2.21. The summed E-state index contributed by atoms with van der Waals surface area (Å²) in [6.45, 7) is 2.45. The summed E-state index contributed by atoms with van der Waals surface area (Å²) in [6.07, 6.45) is -0.699. The van der Waals surface area contributed by atoms with Gasteiger partial charge in [-0.1, -0.05) is 13.3 Å². The minimum absolute atomic E-state index is 0.0842. The third kappa shape index (κ3) is 13.2. The van der Waals surface area contributed by atoms with Crippen LogP contribution >= 0.6 is 0 Å². The van der Waals surface area contributed by atoms with Gasteiger partial charge in [0.05, 0.1) is 26.9 Å². The molecule has 0 rings (SSSR count). The van der Waals surface area contributed by atoms with Crippen molar-refractivity contribution in [3.63, 3.8) is 0 Å². The summed E-state index contributed by atoms with van der Waals surface area (Å²) in [5, 5.41) is 10.1. The van der Waals surface area contributed by atoms with Crippen molar-refractivity contribution < 1.29 is 38.4 Å². The maximum atomic E-state index is 11.4. The number of hydrogen-bond donors (Lipinski definition) is 0. The predicted octanol–water partition coefficient (Wildman–Crippen LogP) is 2.44. The molecule has 0 heterocycles. The fourth-order valence-electron chi connectivity index (χ4n) is 1.46. The van der Waals surface area contributed by atoms with Crippen LogP contribution in [0.4, 0.5) is 9.59 Å². The van der Waals surface area contributed by atoms with Crippen molar-refractivity contribution in [1.29, 1.82) is 0 Å². The summed E-state index contributed by atoms with van der Waals surface area (Å²) in [5.74, 6) is 0. The smallest absolute Gasteiger partial charge is 0.434 e. The third-order valence-corrected chi connectivity index (χ3v) is 2.35. The number of carbonyl (C=O) groups excluding carboxylic acids is 2. The van der Waals surface area contributed by atoms with E-state index in [1.54, 1.807) is 0 Å². The number of hydrogen-bond acceptors (Lipinski definition) is 7. The molecule has 0 saturated carbocycles. The lowest BCUT2D eigenvalue weighted by Gasteiger charge is -2.16. The van der Waals surface area contributed by atoms with Crippen LogP contribution in [0.3, 0.4) is 0 Å². The largest absolute Gasteiger partial charge is 0.549 e. The van der Waals surface area contributed by atoms with Gasteiger partial charge < -0.3 is 23.7 Å². The van der Waals surface area contributed by atoms with Crippen LogP contribution in [0.25, 0.3) is 0 Å². The predicted molar refractivity (Wildman–Crippen MR) is 69.7 cm³/mol. The molecule has 0 aliphatic heterocycles. The molecule has 0 amide bonds. The van der Waals surface area contributed by atoms with Crippen LogP contribution in [0.15, 0.2) is 0 Å². The molecule has 0 aliphatic carbocycles. The third-order valence-electron chi connectivity index (χ3n) is 2.35. The van der Waals surface area contributed by atoms with Gasteiger partial charge in [0.15, 0.2) is 0 Å². The Morgan fingerprint density at radius 1 is 1.10 bits per heavy atom. The number of rotatable bonds is 12. The zero-order valence-electron chi connectivity index (χ0n) is 12.2. The van der Waals surface area contributed by atoms with E-state index < -0.39 is 18.4 Å². The van der Waals surface area contributed by atoms with E-state index in [0.717, 1.165) is 6.42 Å². The van der Waals surface area contributed by atoms with Gasteiger partial charge in [-0.3, -0.25) is 0 Å². The summed E-state index contributed by atoms with van der Waals surface area (Å²) in [6, 6.07) is 0. The molecule has 1 atom stereocenters. The van der Waals surface area contributed by atoms with Gasteiger partial charge in [0.25, 0.3) is 0 Å². The van der Waals surface area contributed by atoms with Crippen LogP contribution in [0.2, 0.25) is 0 Å². The molecule has 0 bridgehead atoms. The Morgan fingerprint density at radius 2 is 1.86 bits per heavy atom. The first-order valence-corrected chi connectivity index (χ1v) is 6.72. The van der Waals surface area contributed by atoms with Crippen molar-refractivity contribution in [2.24, 2.45) is 0 Å². The summed E-state index contributed by atoms with van der Waals surface area (Å²) >= 11 is 0. The Morgan fingerprint density at radius 3 is 2.48 bits per heavy atom. The van der Waals surface area contributed by atoms with Crippen LogP contribution in [-0.4, -0.2) is 45.0 Å². The van der Waals surface area contributed by atoms with Crippen LogP contribution in [-0.2, 0) is 28.8 Å². The van der Waals surface area contributed by atoms with Gasteiger partial charge in [-0.15, -0.1) is 0 Å². The van der Waals surface area contributed by atoms with Crippen LogP contribution in [0, 0.1) is 7.11 Å². The highest BCUT2D eigenvalue weighted by molar-refractivity contribution is 5.60. The summed E-state index contributed by atoms with van der Waals surface area (Å²) in [4.78, 5) is 21.5. The highest BCUT2D eigenvalue weighted by Gasteiger charge is 2.15. The lowest BCUT2D eigenvalue weighted by molar-refractivity contribution is -0.0254. The molecular weight excluding hydrogens is 284 g/mol. The quantitative estimate of drug-likeness (QED) is 0.310. The zero-order valence-corrected chi connectivity index (χ0v) is 12.2. The molecule has 122 valence electrons. The minimum atomic E-state index is -1.60. The Hall–Kier alpha value is -1.54. The van der Waals surface area contributed by atoms with E-state index in [0.29, 0.717) is 19.4 Å². The Balaban J connectivity index is 3.75. The number of carbonyl (C=O) groups is 2. The minimum Gasteiger partial charge on any atom is -0.434 e. The molecule has 0 aliphatic rings. The van der Waals surface area contributed by atoms with Gasteiger partial charge in [0.2, 0.25) is 0 Å². The SMILES string of the molecule is [CH2]OCOCCCOC(=O)OC(CCC)CCOC([O])=O. The van der Waals surface area contributed by atoms with E-state index in [1.165, 1.54) is 0 Å². The molecule has 8 heteroatoms. The summed E-state index contributed by atoms with van der Waals surface area (Å²) in [5.41, 5.74) is 0. The molecule has 1 unspecified atom stereocenters. The molecule has 0 fully saturated rings.